The van der Waals surface area contributed by atoms with Gasteiger partial charge in [0.05, 0.1) is 12.4 Å². The van der Waals surface area contributed by atoms with Crippen molar-refractivity contribution in [1.29, 1.82) is 0 Å². The SMILES string of the molecule is C=C(C)C(=O)OCCCS(=O)(=O)O.[Na]. The summed E-state index contributed by atoms with van der Waals surface area (Å²) in [6.45, 7) is 4.80. The number of carbonyl (C=O) groups is 1. The molecule has 0 aliphatic rings. The second kappa shape index (κ2) is 7.42. The molecule has 0 spiro atoms. The summed E-state index contributed by atoms with van der Waals surface area (Å²) in [5.74, 6) is -0.966. The van der Waals surface area contributed by atoms with Crippen molar-refractivity contribution in [3.63, 3.8) is 0 Å². The van der Waals surface area contributed by atoms with Crippen molar-refractivity contribution in [1.82, 2.24) is 0 Å². The minimum Gasteiger partial charge on any atom is -0.462 e. The first-order valence-corrected chi connectivity index (χ1v) is 5.21. The van der Waals surface area contributed by atoms with Crippen LogP contribution in [-0.2, 0) is 19.6 Å². The summed E-state index contributed by atoms with van der Waals surface area (Å²) in [4.78, 5) is 10.7. The van der Waals surface area contributed by atoms with Crippen LogP contribution in [0, 0.1) is 0 Å². The number of hydrogen-bond donors (Lipinski definition) is 1. The Kier molecular flexibility index (Phi) is 8.77. The van der Waals surface area contributed by atoms with E-state index in [-0.39, 0.29) is 48.2 Å². The van der Waals surface area contributed by atoms with E-state index in [1.54, 1.807) is 0 Å². The molecule has 0 aromatic rings. The van der Waals surface area contributed by atoms with E-state index in [1.165, 1.54) is 6.92 Å². The molecule has 5 nitrogen and oxygen atoms in total. The Morgan fingerprint density at radius 2 is 2.00 bits per heavy atom. The van der Waals surface area contributed by atoms with E-state index in [9.17, 15) is 13.2 Å². The van der Waals surface area contributed by atoms with Crippen molar-refractivity contribution in [3.8, 4) is 0 Å². The van der Waals surface area contributed by atoms with Crippen LogP contribution in [0.3, 0.4) is 0 Å². The van der Waals surface area contributed by atoms with Gasteiger partial charge in [-0.25, -0.2) is 4.79 Å². The van der Waals surface area contributed by atoms with Crippen LogP contribution in [0.15, 0.2) is 12.2 Å². The van der Waals surface area contributed by atoms with Crippen molar-refractivity contribution < 1.29 is 22.5 Å². The van der Waals surface area contributed by atoms with E-state index in [2.05, 4.69) is 11.3 Å². The molecule has 0 rings (SSSR count). The molecule has 1 N–H and O–H groups in total. The zero-order valence-electron chi connectivity index (χ0n) is 8.32. The van der Waals surface area contributed by atoms with Gasteiger partial charge >= 0.3 is 5.97 Å². The summed E-state index contributed by atoms with van der Waals surface area (Å²) in [6.07, 6.45) is 0.0812. The van der Waals surface area contributed by atoms with Gasteiger partial charge < -0.3 is 4.74 Å². The second-order valence-corrected chi connectivity index (χ2v) is 4.13. The molecule has 0 aliphatic heterocycles. The molecular weight excluding hydrogens is 219 g/mol. The van der Waals surface area contributed by atoms with Crippen LogP contribution in [0.2, 0.25) is 0 Å². The van der Waals surface area contributed by atoms with Crippen LogP contribution in [0.1, 0.15) is 13.3 Å². The molecule has 0 atom stereocenters. The maximum atomic E-state index is 10.7. The van der Waals surface area contributed by atoms with Gasteiger partial charge in [-0.1, -0.05) is 6.58 Å². The van der Waals surface area contributed by atoms with Gasteiger partial charge in [-0.2, -0.15) is 8.42 Å². The summed E-state index contributed by atoms with van der Waals surface area (Å²) in [5.41, 5.74) is 0.256. The molecule has 0 aliphatic carbocycles. The van der Waals surface area contributed by atoms with Crippen molar-refractivity contribution >= 4 is 45.6 Å². The van der Waals surface area contributed by atoms with Gasteiger partial charge in [0.2, 0.25) is 0 Å². The molecule has 7 heteroatoms. The fraction of sp³-hybridized carbons (Fsp3) is 0.571. The maximum Gasteiger partial charge on any atom is 0.333 e. The topological polar surface area (TPSA) is 80.7 Å². The first kappa shape index (κ1) is 16.5. The third-order valence-corrected chi connectivity index (χ3v) is 1.93. The molecule has 14 heavy (non-hydrogen) atoms. The molecule has 0 saturated carbocycles. The van der Waals surface area contributed by atoms with Crippen LogP contribution >= 0.6 is 0 Å². The van der Waals surface area contributed by atoms with Gasteiger partial charge in [0.25, 0.3) is 10.1 Å². The van der Waals surface area contributed by atoms with Gasteiger partial charge in [-0.15, -0.1) is 0 Å². The standard InChI is InChI=1S/C7H12O5S.Na/c1-6(2)7(8)12-4-3-5-13(9,10)11;/h1,3-5H2,2H3,(H,9,10,11);. The van der Waals surface area contributed by atoms with Gasteiger partial charge in [0.1, 0.15) is 0 Å². The van der Waals surface area contributed by atoms with E-state index in [1.807, 2.05) is 0 Å². The number of rotatable bonds is 5. The number of ether oxygens (including phenoxy) is 1. The molecule has 0 aromatic carbocycles. The molecule has 0 amide bonds. The fourth-order valence-electron chi connectivity index (χ4n) is 0.529. The summed E-state index contributed by atoms with van der Waals surface area (Å²) >= 11 is 0. The monoisotopic (exact) mass is 231 g/mol. The Labute approximate surface area is 106 Å². The van der Waals surface area contributed by atoms with E-state index < -0.39 is 21.8 Å². The third kappa shape index (κ3) is 10.2. The predicted octanol–water partition coefficient (Wildman–Crippen LogP) is 0.00280. The van der Waals surface area contributed by atoms with Crippen molar-refractivity contribution in [2.45, 2.75) is 13.3 Å². The molecule has 0 saturated heterocycles. The summed E-state index contributed by atoms with van der Waals surface area (Å²) in [6, 6.07) is 0. The average Bonchev–Trinajstić information content (AvgIpc) is 1.95. The normalized spacial score (nSPS) is 10.1. The Morgan fingerprint density at radius 1 is 1.50 bits per heavy atom. The first-order valence-electron chi connectivity index (χ1n) is 3.61. The van der Waals surface area contributed by atoms with Crippen molar-refractivity contribution in [2.75, 3.05) is 12.4 Å². The molecule has 77 valence electrons. The van der Waals surface area contributed by atoms with E-state index in [0.717, 1.165) is 0 Å². The van der Waals surface area contributed by atoms with E-state index >= 15 is 0 Å². The zero-order valence-corrected chi connectivity index (χ0v) is 11.1. The van der Waals surface area contributed by atoms with Gasteiger partial charge in [-0.3, -0.25) is 4.55 Å². The Balaban J connectivity index is 0. The summed E-state index contributed by atoms with van der Waals surface area (Å²) < 4.78 is 33.3. The number of hydrogen-bond acceptors (Lipinski definition) is 4. The first-order chi connectivity index (χ1) is 5.83. The Hall–Kier alpha value is 0.120. The summed E-state index contributed by atoms with van der Waals surface area (Å²) in [7, 11) is -3.96. The largest absolute Gasteiger partial charge is 0.462 e. The minimum absolute atomic E-state index is 0. The smallest absolute Gasteiger partial charge is 0.333 e. The van der Waals surface area contributed by atoms with Crippen molar-refractivity contribution in [2.24, 2.45) is 0 Å². The molecule has 0 fully saturated rings. The molecule has 0 bridgehead atoms. The Bertz CT molecular complexity index is 295. The average molecular weight is 231 g/mol. The third-order valence-electron chi connectivity index (χ3n) is 1.13. The maximum absolute atomic E-state index is 10.7. The van der Waals surface area contributed by atoms with Crippen LogP contribution in [0.25, 0.3) is 0 Å². The van der Waals surface area contributed by atoms with Gasteiger partial charge in [0, 0.05) is 35.1 Å². The molecule has 1 radical (unpaired) electrons. The van der Waals surface area contributed by atoms with Crippen LogP contribution in [0.5, 0.6) is 0 Å². The fourth-order valence-corrected chi connectivity index (χ4v) is 1.01. The van der Waals surface area contributed by atoms with E-state index in [0.29, 0.717) is 0 Å². The quantitative estimate of drug-likeness (QED) is 0.237. The Morgan fingerprint density at radius 3 is 2.36 bits per heavy atom. The number of esters is 1. The van der Waals surface area contributed by atoms with Crippen LogP contribution in [-0.4, -0.2) is 60.9 Å². The molecule has 0 unspecified atom stereocenters. The van der Waals surface area contributed by atoms with Gasteiger partial charge in [0.15, 0.2) is 0 Å². The predicted molar refractivity (Wildman–Crippen MR) is 52.6 cm³/mol. The minimum atomic E-state index is -3.96. The molecular formula is C7H12NaO5S. The second-order valence-electron chi connectivity index (χ2n) is 2.56. The molecule has 0 aromatic heterocycles. The van der Waals surface area contributed by atoms with Crippen molar-refractivity contribution in [3.05, 3.63) is 12.2 Å². The molecule has 0 heterocycles. The van der Waals surface area contributed by atoms with Gasteiger partial charge in [-0.05, 0) is 13.3 Å². The van der Waals surface area contributed by atoms with E-state index in [4.69, 9.17) is 4.55 Å². The zero-order chi connectivity index (χ0) is 10.5. The van der Waals surface area contributed by atoms with Crippen LogP contribution in [0.4, 0.5) is 0 Å². The summed E-state index contributed by atoms with van der Waals surface area (Å²) in [5, 5.41) is 0. The van der Waals surface area contributed by atoms with Crippen LogP contribution < -0.4 is 0 Å². The number of carbonyl (C=O) groups excluding carboxylic acids is 1.